The molecule has 0 fully saturated rings. The Bertz CT molecular complexity index is 970. The van der Waals surface area contributed by atoms with Gasteiger partial charge in [0.05, 0.1) is 5.39 Å². The lowest BCUT2D eigenvalue weighted by Gasteiger charge is -2.07. The number of rotatable bonds is 2. The van der Waals surface area contributed by atoms with Gasteiger partial charge in [-0.25, -0.2) is 0 Å². The van der Waals surface area contributed by atoms with Crippen molar-refractivity contribution in [1.29, 1.82) is 0 Å². The van der Waals surface area contributed by atoms with Gasteiger partial charge in [0.1, 0.15) is 5.58 Å². The third-order valence-corrected chi connectivity index (χ3v) is 3.67. The zero-order valence-corrected chi connectivity index (χ0v) is 13.3. The fraction of sp³-hybridized carbons (Fsp3) is 0.158. The van der Waals surface area contributed by atoms with Gasteiger partial charge in [0, 0.05) is 11.8 Å². The van der Waals surface area contributed by atoms with Crippen LogP contribution in [0, 0.1) is 20.8 Å². The summed E-state index contributed by atoms with van der Waals surface area (Å²) in [6.45, 7) is 5.72. The lowest BCUT2D eigenvalue weighted by atomic mass is 10.1. The molecule has 0 aliphatic rings. The number of carbonyl (C=O) groups excluding carboxylic acids is 1. The number of amides is 1. The number of anilines is 1. The Morgan fingerprint density at radius 2 is 1.78 bits per heavy atom. The van der Waals surface area contributed by atoms with Crippen molar-refractivity contribution in [3.05, 3.63) is 75.1 Å². The Kier molecular flexibility index (Phi) is 3.74. The van der Waals surface area contributed by atoms with Gasteiger partial charge in [-0.1, -0.05) is 18.2 Å². The lowest BCUT2D eigenvalue weighted by molar-refractivity contribution is 0.0997. The van der Waals surface area contributed by atoms with Crippen LogP contribution in [0.4, 0.5) is 5.69 Å². The molecule has 23 heavy (non-hydrogen) atoms. The quantitative estimate of drug-likeness (QED) is 0.779. The normalized spacial score (nSPS) is 10.7. The van der Waals surface area contributed by atoms with Crippen molar-refractivity contribution < 1.29 is 9.21 Å². The van der Waals surface area contributed by atoms with Crippen molar-refractivity contribution in [2.24, 2.45) is 0 Å². The van der Waals surface area contributed by atoms with Crippen LogP contribution in [0.2, 0.25) is 0 Å². The van der Waals surface area contributed by atoms with Crippen molar-refractivity contribution in [3.8, 4) is 0 Å². The van der Waals surface area contributed by atoms with E-state index in [1.165, 1.54) is 6.07 Å². The summed E-state index contributed by atoms with van der Waals surface area (Å²) in [5, 5.41) is 3.27. The first-order valence-corrected chi connectivity index (χ1v) is 7.37. The van der Waals surface area contributed by atoms with Crippen molar-refractivity contribution in [2.75, 3.05) is 5.32 Å². The van der Waals surface area contributed by atoms with Gasteiger partial charge in [0.25, 0.3) is 5.91 Å². The average molecular weight is 307 g/mol. The predicted molar refractivity (Wildman–Crippen MR) is 91.1 cm³/mol. The van der Waals surface area contributed by atoms with Crippen molar-refractivity contribution in [1.82, 2.24) is 0 Å². The summed E-state index contributed by atoms with van der Waals surface area (Å²) < 4.78 is 5.66. The molecule has 4 heteroatoms. The van der Waals surface area contributed by atoms with Crippen LogP contribution in [0.25, 0.3) is 11.0 Å². The molecule has 0 atom stereocenters. The smallest absolute Gasteiger partial charge is 0.291 e. The Labute approximate surface area is 133 Å². The van der Waals surface area contributed by atoms with Gasteiger partial charge >= 0.3 is 0 Å². The highest BCUT2D eigenvalue weighted by molar-refractivity contribution is 6.03. The summed E-state index contributed by atoms with van der Waals surface area (Å²) in [6.07, 6.45) is 0. The number of nitrogens with one attached hydrogen (secondary N) is 1. The van der Waals surface area contributed by atoms with Crippen LogP contribution in [-0.4, -0.2) is 5.91 Å². The van der Waals surface area contributed by atoms with Gasteiger partial charge < -0.3 is 9.73 Å². The average Bonchev–Trinajstić information content (AvgIpc) is 2.45. The molecule has 2 aromatic carbocycles. The summed E-state index contributed by atoms with van der Waals surface area (Å²) >= 11 is 0. The summed E-state index contributed by atoms with van der Waals surface area (Å²) in [5.41, 5.74) is 3.75. The van der Waals surface area contributed by atoms with Crippen molar-refractivity contribution in [2.45, 2.75) is 20.8 Å². The Balaban J connectivity index is 2.03. The molecule has 1 amide bonds. The highest BCUT2D eigenvalue weighted by Gasteiger charge is 2.14. The van der Waals surface area contributed by atoms with Crippen LogP contribution in [0.5, 0.6) is 0 Å². The summed E-state index contributed by atoms with van der Waals surface area (Å²) in [5.74, 6) is -0.428. The predicted octanol–water partition coefficient (Wildman–Crippen LogP) is 3.97. The third-order valence-electron chi connectivity index (χ3n) is 3.67. The molecule has 0 saturated carbocycles. The molecule has 0 unspecified atom stereocenters. The highest BCUT2D eigenvalue weighted by atomic mass is 16.3. The maximum Gasteiger partial charge on any atom is 0.291 e. The zero-order valence-electron chi connectivity index (χ0n) is 13.3. The molecular formula is C19H17NO3. The first-order valence-electron chi connectivity index (χ1n) is 7.37. The van der Waals surface area contributed by atoms with Gasteiger partial charge in [-0.05, 0) is 55.7 Å². The van der Waals surface area contributed by atoms with E-state index in [2.05, 4.69) is 5.32 Å². The standard InChI is InChI=1S/C19H17NO3/c1-11-5-4-6-14(8-11)20-19(22)17-10-15(21)18-13(3)7-12(2)9-16(18)23-17/h4-10H,1-3H3,(H,20,22). The van der Waals surface area contributed by atoms with Gasteiger partial charge in [0.2, 0.25) is 0 Å². The first-order chi connectivity index (χ1) is 10.9. The molecule has 0 aliphatic carbocycles. The maximum atomic E-state index is 12.3. The molecule has 1 heterocycles. The molecule has 4 nitrogen and oxygen atoms in total. The third kappa shape index (κ3) is 3.01. The summed E-state index contributed by atoms with van der Waals surface area (Å²) in [4.78, 5) is 24.7. The molecule has 1 N–H and O–H groups in total. The second kappa shape index (κ2) is 5.72. The van der Waals surface area contributed by atoms with Gasteiger partial charge in [-0.3, -0.25) is 9.59 Å². The van der Waals surface area contributed by atoms with E-state index in [1.54, 1.807) is 12.1 Å². The molecule has 0 aliphatic heterocycles. The van der Waals surface area contributed by atoms with E-state index in [0.29, 0.717) is 16.7 Å². The maximum absolute atomic E-state index is 12.3. The lowest BCUT2D eigenvalue weighted by Crippen LogP contribution is -2.15. The van der Waals surface area contributed by atoms with E-state index in [-0.39, 0.29) is 11.2 Å². The SMILES string of the molecule is Cc1cccc(NC(=O)c2cc(=O)c3c(C)cc(C)cc3o2)c1. The number of benzene rings is 2. The molecule has 0 saturated heterocycles. The first kappa shape index (κ1) is 15.0. The molecule has 3 rings (SSSR count). The molecule has 116 valence electrons. The van der Waals surface area contributed by atoms with Crippen LogP contribution in [0.1, 0.15) is 27.2 Å². The largest absolute Gasteiger partial charge is 0.451 e. The van der Waals surface area contributed by atoms with E-state index in [9.17, 15) is 9.59 Å². The fourth-order valence-electron chi connectivity index (χ4n) is 2.69. The van der Waals surface area contributed by atoms with E-state index in [1.807, 2.05) is 45.0 Å². The van der Waals surface area contributed by atoms with Crippen LogP contribution in [-0.2, 0) is 0 Å². The zero-order chi connectivity index (χ0) is 16.6. The second-order valence-corrected chi connectivity index (χ2v) is 5.75. The van der Waals surface area contributed by atoms with E-state index >= 15 is 0 Å². The van der Waals surface area contributed by atoms with E-state index in [4.69, 9.17) is 4.42 Å². The minimum atomic E-state index is -0.436. The number of carbonyl (C=O) groups is 1. The van der Waals surface area contributed by atoms with Gasteiger partial charge in [-0.15, -0.1) is 0 Å². The number of fused-ring (bicyclic) bond motifs is 1. The molecule has 1 aromatic heterocycles. The van der Waals surface area contributed by atoms with Gasteiger partial charge in [0.15, 0.2) is 11.2 Å². The molecule has 0 bridgehead atoms. The fourth-order valence-corrected chi connectivity index (χ4v) is 2.69. The Morgan fingerprint density at radius 1 is 1.00 bits per heavy atom. The Hall–Kier alpha value is -2.88. The minimum absolute atomic E-state index is 0.00834. The van der Waals surface area contributed by atoms with Crippen LogP contribution < -0.4 is 10.7 Å². The van der Waals surface area contributed by atoms with Gasteiger partial charge in [-0.2, -0.15) is 0 Å². The van der Waals surface area contributed by atoms with E-state index < -0.39 is 5.91 Å². The molecule has 0 spiro atoms. The van der Waals surface area contributed by atoms with Crippen LogP contribution in [0.15, 0.2) is 51.7 Å². The van der Waals surface area contributed by atoms with E-state index in [0.717, 1.165) is 16.7 Å². The minimum Gasteiger partial charge on any atom is -0.451 e. The van der Waals surface area contributed by atoms with Crippen LogP contribution >= 0.6 is 0 Å². The number of hydrogen-bond donors (Lipinski definition) is 1. The second-order valence-electron chi connectivity index (χ2n) is 5.75. The monoisotopic (exact) mass is 307 g/mol. The van der Waals surface area contributed by atoms with Crippen LogP contribution in [0.3, 0.4) is 0 Å². The number of hydrogen-bond acceptors (Lipinski definition) is 3. The topological polar surface area (TPSA) is 59.3 Å². The summed E-state index contributed by atoms with van der Waals surface area (Å²) in [7, 11) is 0. The molecule has 3 aromatic rings. The Morgan fingerprint density at radius 3 is 2.52 bits per heavy atom. The molecule has 0 radical (unpaired) electrons. The van der Waals surface area contributed by atoms with Crippen molar-refractivity contribution in [3.63, 3.8) is 0 Å². The number of aryl methyl sites for hydroxylation is 3. The molecular weight excluding hydrogens is 290 g/mol. The van der Waals surface area contributed by atoms with Crippen molar-refractivity contribution >= 4 is 22.6 Å². The highest BCUT2D eigenvalue weighted by Crippen LogP contribution is 2.19. The summed E-state index contributed by atoms with van der Waals surface area (Å²) in [6, 6.07) is 12.4.